The zero-order chi connectivity index (χ0) is 23.9. The summed E-state index contributed by atoms with van der Waals surface area (Å²) in [6, 6.07) is 14.8. The van der Waals surface area contributed by atoms with Gasteiger partial charge in [-0.3, -0.25) is 4.57 Å². The number of halogens is 3. The number of aromatic nitrogens is 3. The maximum atomic E-state index is 13.2. The summed E-state index contributed by atoms with van der Waals surface area (Å²) in [4.78, 5) is 19.7. The molecule has 6 nitrogen and oxygen atoms in total. The minimum Gasteiger partial charge on any atom is -0.493 e. The van der Waals surface area contributed by atoms with Crippen molar-refractivity contribution in [1.82, 2.24) is 14.1 Å². The van der Waals surface area contributed by atoms with E-state index >= 15 is 0 Å². The van der Waals surface area contributed by atoms with E-state index in [0.29, 0.717) is 5.69 Å². The van der Waals surface area contributed by atoms with Crippen LogP contribution in [0.5, 0.6) is 5.88 Å². The summed E-state index contributed by atoms with van der Waals surface area (Å²) in [5.41, 5.74) is -2.64. The molecular formula is C23H21F3N4O2S. The number of hydrogen-bond donors (Lipinski definition) is 1. The second-order valence-electron chi connectivity index (χ2n) is 7.71. The largest absolute Gasteiger partial charge is 0.493 e. The van der Waals surface area contributed by atoms with Crippen LogP contribution in [0.2, 0.25) is 0 Å². The number of alkyl halides is 3. The summed E-state index contributed by atoms with van der Waals surface area (Å²) < 4.78 is 40.3. The number of para-hydroxylation sites is 1. The minimum atomic E-state index is -4.40. The van der Waals surface area contributed by atoms with Crippen molar-refractivity contribution in [2.24, 2.45) is 0 Å². The van der Waals surface area contributed by atoms with Gasteiger partial charge in [0.25, 0.3) is 0 Å². The van der Waals surface area contributed by atoms with Crippen LogP contribution < -0.4 is 10.6 Å². The van der Waals surface area contributed by atoms with Gasteiger partial charge in [0.2, 0.25) is 5.88 Å². The average molecular weight is 475 g/mol. The van der Waals surface area contributed by atoms with Crippen LogP contribution in [-0.4, -0.2) is 38.8 Å². The summed E-state index contributed by atoms with van der Waals surface area (Å²) in [7, 11) is 3.75. The van der Waals surface area contributed by atoms with Crippen molar-refractivity contribution in [3.63, 3.8) is 0 Å². The highest BCUT2D eigenvalue weighted by Crippen LogP contribution is 2.37. The highest BCUT2D eigenvalue weighted by atomic mass is 32.2. The molecule has 0 bridgehead atoms. The average Bonchev–Trinajstić information content (AvgIpc) is 2.96. The van der Waals surface area contributed by atoms with Gasteiger partial charge in [-0.2, -0.15) is 13.2 Å². The summed E-state index contributed by atoms with van der Waals surface area (Å²) in [5.74, 6) is 0.471. The highest BCUT2D eigenvalue weighted by molar-refractivity contribution is 8.00. The number of fused-ring (bicyclic) bond motifs is 1. The summed E-state index contributed by atoms with van der Waals surface area (Å²) in [5, 5.41) is 11.6. The molecule has 0 spiro atoms. The quantitative estimate of drug-likeness (QED) is 0.416. The van der Waals surface area contributed by atoms with Gasteiger partial charge in [0.15, 0.2) is 0 Å². The SMILES string of the molecule is Cc1c(O)n(-c2ccc(SC(F)(F)F)cc2)c(=O)n1Cc1cc(N(C)C)nc2ccccc12. The normalized spacial score (nSPS) is 11.8. The number of hydrogen-bond acceptors (Lipinski definition) is 5. The van der Waals surface area contributed by atoms with E-state index < -0.39 is 11.2 Å². The maximum absolute atomic E-state index is 13.2. The fourth-order valence-electron chi connectivity index (χ4n) is 3.62. The number of aromatic hydroxyl groups is 1. The molecule has 33 heavy (non-hydrogen) atoms. The molecule has 0 amide bonds. The lowest BCUT2D eigenvalue weighted by Gasteiger charge is -2.15. The van der Waals surface area contributed by atoms with E-state index in [-0.39, 0.29) is 34.8 Å². The number of benzene rings is 2. The Labute approximate surface area is 191 Å². The molecule has 172 valence electrons. The maximum Gasteiger partial charge on any atom is 0.446 e. The van der Waals surface area contributed by atoms with E-state index in [9.17, 15) is 23.1 Å². The van der Waals surface area contributed by atoms with Crippen molar-refractivity contribution in [2.75, 3.05) is 19.0 Å². The van der Waals surface area contributed by atoms with E-state index in [2.05, 4.69) is 4.98 Å². The fourth-order valence-corrected chi connectivity index (χ4v) is 4.15. The lowest BCUT2D eigenvalue weighted by atomic mass is 10.1. The highest BCUT2D eigenvalue weighted by Gasteiger charge is 2.29. The summed E-state index contributed by atoms with van der Waals surface area (Å²) in [6.45, 7) is 1.81. The van der Waals surface area contributed by atoms with E-state index in [4.69, 9.17) is 0 Å². The Hall–Kier alpha value is -3.40. The standard InChI is InChI=1S/C23H21F3N4O2S/c1-14-21(31)30(16-8-10-17(11-9-16)33-23(24,25)26)22(32)29(14)13-15-12-20(28(2)3)27-19-7-5-4-6-18(15)19/h4-12,31H,13H2,1-3H3. The monoisotopic (exact) mass is 474 g/mol. The van der Waals surface area contributed by atoms with Crippen molar-refractivity contribution >= 4 is 28.5 Å². The first-order valence-corrected chi connectivity index (χ1v) is 10.8. The molecule has 2 aromatic carbocycles. The molecule has 0 aliphatic carbocycles. The first kappa shape index (κ1) is 22.8. The van der Waals surface area contributed by atoms with Gasteiger partial charge in [-0.15, -0.1) is 0 Å². The molecular weight excluding hydrogens is 453 g/mol. The number of nitrogens with zero attached hydrogens (tertiary/aromatic N) is 4. The van der Waals surface area contributed by atoms with Gasteiger partial charge < -0.3 is 10.0 Å². The zero-order valence-corrected chi connectivity index (χ0v) is 18.9. The first-order chi connectivity index (χ1) is 15.5. The Morgan fingerprint density at radius 2 is 1.76 bits per heavy atom. The third-order valence-corrected chi connectivity index (χ3v) is 6.01. The number of pyridine rings is 1. The molecule has 0 aliphatic heterocycles. The molecule has 4 rings (SSSR count). The Balaban J connectivity index is 1.77. The minimum absolute atomic E-state index is 0.00517. The third-order valence-electron chi connectivity index (χ3n) is 5.27. The smallest absolute Gasteiger partial charge is 0.446 e. The van der Waals surface area contributed by atoms with Gasteiger partial charge in [0.05, 0.1) is 23.4 Å². The van der Waals surface area contributed by atoms with E-state index in [1.54, 1.807) is 6.92 Å². The molecule has 0 saturated heterocycles. The number of anilines is 1. The van der Waals surface area contributed by atoms with Gasteiger partial charge in [-0.1, -0.05) is 18.2 Å². The van der Waals surface area contributed by atoms with Gasteiger partial charge in [0.1, 0.15) is 5.82 Å². The molecule has 2 heterocycles. The molecule has 0 radical (unpaired) electrons. The third kappa shape index (κ3) is 4.56. The van der Waals surface area contributed by atoms with Crippen LogP contribution >= 0.6 is 11.8 Å². The van der Waals surface area contributed by atoms with Crippen LogP contribution in [0.3, 0.4) is 0 Å². The second kappa shape index (κ2) is 8.51. The predicted molar refractivity (Wildman–Crippen MR) is 124 cm³/mol. The second-order valence-corrected chi connectivity index (χ2v) is 8.84. The molecule has 1 N–H and O–H groups in total. The van der Waals surface area contributed by atoms with Crippen molar-refractivity contribution in [3.05, 3.63) is 76.3 Å². The molecule has 2 aromatic heterocycles. The van der Waals surface area contributed by atoms with E-state index in [1.807, 2.05) is 49.3 Å². The van der Waals surface area contributed by atoms with Crippen LogP contribution in [0, 0.1) is 6.92 Å². The van der Waals surface area contributed by atoms with Crippen LogP contribution in [-0.2, 0) is 6.54 Å². The molecule has 10 heteroatoms. The molecule has 0 fully saturated rings. The Kier molecular flexibility index (Phi) is 5.87. The lowest BCUT2D eigenvalue weighted by molar-refractivity contribution is -0.0328. The fraction of sp³-hybridized carbons (Fsp3) is 0.217. The van der Waals surface area contributed by atoms with Crippen molar-refractivity contribution in [1.29, 1.82) is 0 Å². The Morgan fingerprint density at radius 3 is 2.39 bits per heavy atom. The van der Waals surface area contributed by atoms with E-state index in [0.717, 1.165) is 26.9 Å². The molecule has 4 aromatic rings. The topological polar surface area (TPSA) is 63.3 Å². The van der Waals surface area contributed by atoms with E-state index in [1.165, 1.54) is 28.8 Å². The van der Waals surface area contributed by atoms with Crippen LogP contribution in [0.25, 0.3) is 16.6 Å². The van der Waals surface area contributed by atoms with Crippen molar-refractivity contribution < 1.29 is 18.3 Å². The van der Waals surface area contributed by atoms with Crippen LogP contribution in [0.4, 0.5) is 19.0 Å². The molecule has 0 atom stereocenters. The molecule has 0 saturated carbocycles. The van der Waals surface area contributed by atoms with Crippen molar-refractivity contribution in [2.45, 2.75) is 23.9 Å². The lowest BCUT2D eigenvalue weighted by Crippen LogP contribution is -2.24. The van der Waals surface area contributed by atoms with Crippen molar-refractivity contribution in [3.8, 4) is 11.6 Å². The predicted octanol–water partition coefficient (Wildman–Crippen LogP) is 4.93. The van der Waals surface area contributed by atoms with Gasteiger partial charge in [-0.25, -0.2) is 14.3 Å². The number of thioether (sulfide) groups is 1. The van der Waals surface area contributed by atoms with Crippen LogP contribution in [0.15, 0.2) is 64.3 Å². The molecule has 0 unspecified atom stereocenters. The van der Waals surface area contributed by atoms with Gasteiger partial charge >= 0.3 is 11.2 Å². The van der Waals surface area contributed by atoms with Crippen LogP contribution in [0.1, 0.15) is 11.3 Å². The Morgan fingerprint density at radius 1 is 1.09 bits per heavy atom. The van der Waals surface area contributed by atoms with Gasteiger partial charge in [-0.05, 0) is 60.6 Å². The summed E-state index contributed by atoms with van der Waals surface area (Å²) >= 11 is -0.237. The Bertz CT molecular complexity index is 1380. The zero-order valence-electron chi connectivity index (χ0n) is 18.1. The number of rotatable bonds is 5. The molecule has 0 aliphatic rings. The first-order valence-electron chi connectivity index (χ1n) is 9.98. The van der Waals surface area contributed by atoms with Gasteiger partial charge in [0, 0.05) is 24.4 Å². The number of imidazole rings is 1. The summed E-state index contributed by atoms with van der Waals surface area (Å²) in [6.07, 6.45) is 0.